The lowest BCUT2D eigenvalue weighted by Crippen LogP contribution is -2.39. The number of benzene rings is 2. The van der Waals surface area contributed by atoms with Crippen LogP contribution < -0.4 is 10.8 Å². The van der Waals surface area contributed by atoms with Crippen molar-refractivity contribution in [3.8, 4) is 11.1 Å². The second-order valence-corrected chi connectivity index (χ2v) is 7.85. The number of carbonyl (C=O) groups is 2. The maximum absolute atomic E-state index is 12.4. The number of hydroxylamine groups is 1. The van der Waals surface area contributed by atoms with Crippen molar-refractivity contribution < 1.29 is 19.5 Å². The Morgan fingerprint density at radius 1 is 0.967 bits per heavy atom. The molecule has 7 nitrogen and oxygen atoms in total. The summed E-state index contributed by atoms with van der Waals surface area (Å²) in [5.41, 5.74) is 5.57. The Hall–Kier alpha value is -2.74. The van der Waals surface area contributed by atoms with E-state index in [9.17, 15) is 9.59 Å². The highest BCUT2D eigenvalue weighted by molar-refractivity contribution is 6.06. The number of ether oxygens (including phenoxy) is 1. The molecule has 0 aromatic heterocycles. The molecule has 1 fully saturated rings. The molecule has 0 bridgehead atoms. The average Bonchev–Trinajstić information content (AvgIpc) is 2.75. The fraction of sp³-hybridized carbons (Fsp3) is 0.391. The zero-order valence-corrected chi connectivity index (χ0v) is 17.4. The number of hydrogen-bond donors (Lipinski definition) is 3. The van der Waals surface area contributed by atoms with Gasteiger partial charge >= 0.3 is 0 Å². The van der Waals surface area contributed by atoms with Gasteiger partial charge in [0, 0.05) is 25.3 Å². The van der Waals surface area contributed by atoms with Crippen molar-refractivity contribution in [2.75, 3.05) is 31.6 Å². The normalized spacial score (nSPS) is 15.6. The minimum Gasteiger partial charge on any atom is -0.379 e. The van der Waals surface area contributed by atoms with E-state index in [1.807, 2.05) is 24.3 Å². The van der Waals surface area contributed by atoms with Crippen molar-refractivity contribution in [3.63, 3.8) is 0 Å². The van der Waals surface area contributed by atoms with Crippen LogP contribution in [0.3, 0.4) is 0 Å². The SMILES string of the molecule is CC(C)C(C(=O)NO)C(=O)Nc1ccc(-c2ccc(CN3CCOCC3)cc2)cc1. The van der Waals surface area contributed by atoms with Gasteiger partial charge in [-0.25, -0.2) is 5.48 Å². The molecule has 0 radical (unpaired) electrons. The Balaban J connectivity index is 1.62. The van der Waals surface area contributed by atoms with Gasteiger partial charge in [-0.2, -0.15) is 0 Å². The minimum atomic E-state index is -0.964. The predicted octanol–water partition coefficient (Wildman–Crippen LogP) is 2.90. The monoisotopic (exact) mass is 411 g/mol. The molecule has 0 spiro atoms. The summed E-state index contributed by atoms with van der Waals surface area (Å²) in [4.78, 5) is 26.5. The van der Waals surface area contributed by atoms with Crippen molar-refractivity contribution in [1.82, 2.24) is 10.4 Å². The molecule has 2 aromatic carbocycles. The molecule has 2 aromatic rings. The Morgan fingerprint density at radius 2 is 1.53 bits per heavy atom. The Morgan fingerprint density at radius 3 is 2.07 bits per heavy atom. The molecule has 30 heavy (non-hydrogen) atoms. The summed E-state index contributed by atoms with van der Waals surface area (Å²) in [5.74, 6) is -2.37. The topological polar surface area (TPSA) is 90.9 Å². The van der Waals surface area contributed by atoms with Crippen molar-refractivity contribution in [3.05, 3.63) is 54.1 Å². The summed E-state index contributed by atoms with van der Waals surface area (Å²) in [7, 11) is 0. The van der Waals surface area contributed by atoms with E-state index in [2.05, 4.69) is 34.5 Å². The third-order valence-corrected chi connectivity index (χ3v) is 5.29. The fourth-order valence-corrected chi connectivity index (χ4v) is 3.58. The summed E-state index contributed by atoms with van der Waals surface area (Å²) < 4.78 is 5.39. The number of morpholine rings is 1. The predicted molar refractivity (Wildman–Crippen MR) is 115 cm³/mol. The van der Waals surface area contributed by atoms with E-state index < -0.39 is 17.7 Å². The van der Waals surface area contributed by atoms with E-state index in [0.717, 1.165) is 44.0 Å². The lowest BCUT2D eigenvalue weighted by Gasteiger charge is -2.26. The van der Waals surface area contributed by atoms with Crippen LogP contribution in [0.5, 0.6) is 0 Å². The van der Waals surface area contributed by atoms with Gasteiger partial charge in [0.25, 0.3) is 5.91 Å². The molecule has 1 aliphatic rings. The second-order valence-electron chi connectivity index (χ2n) is 7.85. The zero-order chi connectivity index (χ0) is 21.5. The largest absolute Gasteiger partial charge is 0.379 e. The van der Waals surface area contributed by atoms with Crippen LogP contribution >= 0.6 is 0 Å². The van der Waals surface area contributed by atoms with Crippen LogP contribution in [0.25, 0.3) is 11.1 Å². The van der Waals surface area contributed by atoms with E-state index in [0.29, 0.717) is 5.69 Å². The maximum atomic E-state index is 12.4. The molecule has 1 atom stereocenters. The molecule has 3 rings (SSSR count). The minimum absolute atomic E-state index is 0.243. The van der Waals surface area contributed by atoms with Gasteiger partial charge in [-0.3, -0.25) is 19.7 Å². The molecule has 1 saturated heterocycles. The molecular weight excluding hydrogens is 382 g/mol. The number of rotatable bonds is 7. The van der Waals surface area contributed by atoms with Crippen LogP contribution in [0.2, 0.25) is 0 Å². The van der Waals surface area contributed by atoms with Gasteiger partial charge in [-0.05, 0) is 34.7 Å². The molecule has 2 amide bonds. The molecule has 7 heteroatoms. The van der Waals surface area contributed by atoms with E-state index in [4.69, 9.17) is 9.94 Å². The highest BCUT2D eigenvalue weighted by Gasteiger charge is 2.29. The zero-order valence-electron chi connectivity index (χ0n) is 17.4. The molecule has 1 aliphatic heterocycles. The quantitative estimate of drug-likeness (QED) is 0.370. The van der Waals surface area contributed by atoms with Gasteiger partial charge in [-0.1, -0.05) is 50.2 Å². The Bertz CT molecular complexity index is 844. The summed E-state index contributed by atoms with van der Waals surface area (Å²) >= 11 is 0. The van der Waals surface area contributed by atoms with Gasteiger partial charge in [0.1, 0.15) is 5.92 Å². The van der Waals surface area contributed by atoms with Crippen LogP contribution in [0, 0.1) is 11.8 Å². The first-order valence-electron chi connectivity index (χ1n) is 10.2. The Labute approximate surface area is 177 Å². The first-order chi connectivity index (χ1) is 14.5. The van der Waals surface area contributed by atoms with E-state index in [1.165, 1.54) is 5.56 Å². The number of anilines is 1. The van der Waals surface area contributed by atoms with Crippen molar-refractivity contribution in [1.29, 1.82) is 0 Å². The molecule has 0 aliphatic carbocycles. The maximum Gasteiger partial charge on any atom is 0.256 e. The highest BCUT2D eigenvalue weighted by atomic mass is 16.5. The van der Waals surface area contributed by atoms with Crippen molar-refractivity contribution in [2.24, 2.45) is 11.8 Å². The second kappa shape index (κ2) is 10.3. The number of amides is 2. The molecule has 1 unspecified atom stereocenters. The number of nitrogens with one attached hydrogen (secondary N) is 2. The third kappa shape index (κ3) is 5.66. The number of nitrogens with zero attached hydrogens (tertiary/aromatic N) is 1. The van der Waals surface area contributed by atoms with Crippen LogP contribution in [0.4, 0.5) is 5.69 Å². The van der Waals surface area contributed by atoms with Gasteiger partial charge in [0.05, 0.1) is 13.2 Å². The van der Waals surface area contributed by atoms with Crippen molar-refractivity contribution >= 4 is 17.5 Å². The lowest BCUT2D eigenvalue weighted by molar-refractivity contribution is -0.140. The smallest absolute Gasteiger partial charge is 0.256 e. The van der Waals surface area contributed by atoms with Crippen LogP contribution in [-0.4, -0.2) is 48.2 Å². The van der Waals surface area contributed by atoms with Gasteiger partial charge in [0.15, 0.2) is 0 Å². The van der Waals surface area contributed by atoms with Crippen LogP contribution in [0.1, 0.15) is 19.4 Å². The van der Waals surface area contributed by atoms with Crippen molar-refractivity contribution in [2.45, 2.75) is 20.4 Å². The summed E-state index contributed by atoms with van der Waals surface area (Å²) in [6.07, 6.45) is 0. The summed E-state index contributed by atoms with van der Waals surface area (Å²) in [5, 5.41) is 11.6. The third-order valence-electron chi connectivity index (χ3n) is 5.29. The Kier molecular flexibility index (Phi) is 7.57. The van der Waals surface area contributed by atoms with Gasteiger partial charge in [-0.15, -0.1) is 0 Å². The van der Waals surface area contributed by atoms with E-state index >= 15 is 0 Å². The summed E-state index contributed by atoms with van der Waals surface area (Å²) in [6.45, 7) is 7.95. The van der Waals surface area contributed by atoms with Gasteiger partial charge < -0.3 is 10.1 Å². The standard InChI is InChI=1S/C23H29N3O4/c1-16(2)21(23(28)25-29)22(27)24-20-9-7-19(8-10-20)18-5-3-17(4-6-18)15-26-11-13-30-14-12-26/h3-10,16,21,29H,11-15H2,1-2H3,(H,24,27)(H,25,28). The molecular formula is C23H29N3O4. The number of carbonyl (C=O) groups excluding carboxylic acids is 2. The highest BCUT2D eigenvalue weighted by Crippen LogP contribution is 2.23. The van der Waals surface area contributed by atoms with E-state index in [-0.39, 0.29) is 5.92 Å². The molecule has 0 saturated carbocycles. The van der Waals surface area contributed by atoms with Crippen LogP contribution in [0.15, 0.2) is 48.5 Å². The first-order valence-corrected chi connectivity index (χ1v) is 10.2. The molecule has 160 valence electrons. The van der Waals surface area contributed by atoms with Gasteiger partial charge in [0.2, 0.25) is 5.91 Å². The summed E-state index contributed by atoms with van der Waals surface area (Å²) in [6, 6.07) is 16.0. The number of hydrogen-bond acceptors (Lipinski definition) is 5. The molecule has 1 heterocycles. The average molecular weight is 412 g/mol. The van der Waals surface area contributed by atoms with E-state index in [1.54, 1.807) is 19.3 Å². The first kappa shape index (κ1) is 22.0. The van der Waals surface area contributed by atoms with Crippen LogP contribution in [-0.2, 0) is 20.9 Å². The molecule has 3 N–H and O–H groups in total. The lowest BCUT2D eigenvalue weighted by atomic mass is 9.94. The fourth-order valence-electron chi connectivity index (χ4n) is 3.58.